The van der Waals surface area contributed by atoms with Gasteiger partial charge in [-0.3, -0.25) is 19.7 Å². The number of aliphatic carboxylic acids is 1. The van der Waals surface area contributed by atoms with Crippen LogP contribution in [0.3, 0.4) is 0 Å². The summed E-state index contributed by atoms with van der Waals surface area (Å²) >= 11 is 0. The molecule has 0 aromatic heterocycles. The molecule has 120 valence electrons. The van der Waals surface area contributed by atoms with Gasteiger partial charge in [0.15, 0.2) is 0 Å². The minimum absolute atomic E-state index is 0.0311. The maximum atomic E-state index is 11.9. The quantitative estimate of drug-likeness (QED) is 0.291. The zero-order valence-corrected chi connectivity index (χ0v) is 11.8. The second-order valence-corrected chi connectivity index (χ2v) is 4.51. The number of benzene rings is 1. The van der Waals surface area contributed by atoms with Crippen LogP contribution in [0.1, 0.15) is 12.8 Å². The highest BCUT2D eigenvalue weighted by Crippen LogP contribution is 2.23. The molecule has 0 aliphatic heterocycles. The Morgan fingerprint density at radius 3 is 2.64 bits per heavy atom. The van der Waals surface area contributed by atoms with E-state index in [9.17, 15) is 19.7 Å². The van der Waals surface area contributed by atoms with Crippen molar-refractivity contribution in [3.8, 4) is 0 Å². The van der Waals surface area contributed by atoms with Gasteiger partial charge < -0.3 is 21.5 Å². The Labute approximate surface area is 126 Å². The molecule has 9 heteroatoms. The van der Waals surface area contributed by atoms with Crippen LogP contribution in [0.25, 0.3) is 0 Å². The predicted molar refractivity (Wildman–Crippen MR) is 79.4 cm³/mol. The van der Waals surface area contributed by atoms with Crippen molar-refractivity contribution in [2.24, 2.45) is 5.73 Å². The van der Waals surface area contributed by atoms with Crippen molar-refractivity contribution in [2.45, 2.75) is 18.9 Å². The van der Waals surface area contributed by atoms with Gasteiger partial charge in [-0.15, -0.1) is 0 Å². The first-order valence-corrected chi connectivity index (χ1v) is 6.65. The molecule has 0 bridgehead atoms. The molecule has 22 heavy (non-hydrogen) atoms. The van der Waals surface area contributed by atoms with E-state index in [1.54, 1.807) is 0 Å². The number of hydrogen-bond acceptors (Lipinski definition) is 6. The number of anilines is 1. The number of hydrogen-bond donors (Lipinski definition) is 4. The number of amides is 1. The van der Waals surface area contributed by atoms with Gasteiger partial charge in [0, 0.05) is 6.07 Å². The van der Waals surface area contributed by atoms with Crippen molar-refractivity contribution in [3.05, 3.63) is 34.4 Å². The number of para-hydroxylation sites is 2. The third kappa shape index (κ3) is 5.46. The Morgan fingerprint density at radius 2 is 2.05 bits per heavy atom. The van der Waals surface area contributed by atoms with Crippen LogP contribution in [0.15, 0.2) is 24.3 Å². The Bertz CT molecular complexity index is 549. The van der Waals surface area contributed by atoms with Crippen LogP contribution in [-0.2, 0) is 9.59 Å². The van der Waals surface area contributed by atoms with Crippen molar-refractivity contribution in [2.75, 3.05) is 18.4 Å². The number of rotatable bonds is 9. The summed E-state index contributed by atoms with van der Waals surface area (Å²) in [5.41, 5.74) is 5.09. The van der Waals surface area contributed by atoms with Crippen molar-refractivity contribution in [1.82, 2.24) is 5.32 Å². The number of nitrogens with one attached hydrogen (secondary N) is 2. The fraction of sp³-hybridized carbons (Fsp3) is 0.385. The maximum Gasteiger partial charge on any atom is 0.321 e. The third-order valence-electron chi connectivity index (χ3n) is 2.83. The van der Waals surface area contributed by atoms with Crippen LogP contribution in [0.2, 0.25) is 0 Å². The van der Waals surface area contributed by atoms with Crippen LogP contribution in [0, 0.1) is 10.1 Å². The fourth-order valence-corrected chi connectivity index (χ4v) is 1.75. The number of carboxylic acids is 1. The van der Waals surface area contributed by atoms with E-state index in [1.165, 1.54) is 24.3 Å². The number of nitro groups is 1. The van der Waals surface area contributed by atoms with E-state index >= 15 is 0 Å². The molecule has 1 aromatic rings. The maximum absolute atomic E-state index is 11.9. The first-order valence-electron chi connectivity index (χ1n) is 6.65. The number of carbonyl (C=O) groups is 2. The topological polar surface area (TPSA) is 148 Å². The van der Waals surface area contributed by atoms with Gasteiger partial charge in [-0.1, -0.05) is 12.1 Å². The molecule has 1 amide bonds. The first kappa shape index (κ1) is 17.5. The minimum atomic E-state index is -1.17. The van der Waals surface area contributed by atoms with Gasteiger partial charge in [0.1, 0.15) is 11.7 Å². The van der Waals surface area contributed by atoms with Gasteiger partial charge in [0.05, 0.1) is 11.3 Å². The Balaban J connectivity index is 2.68. The van der Waals surface area contributed by atoms with Crippen LogP contribution >= 0.6 is 0 Å². The molecule has 0 heterocycles. The summed E-state index contributed by atoms with van der Waals surface area (Å²) in [7, 11) is 0. The summed E-state index contributed by atoms with van der Waals surface area (Å²) in [4.78, 5) is 33.2. The van der Waals surface area contributed by atoms with Crippen LogP contribution in [0.4, 0.5) is 11.4 Å². The number of carboxylic acid groups (broad SMARTS) is 1. The van der Waals surface area contributed by atoms with Gasteiger partial charge in [-0.2, -0.15) is 0 Å². The molecule has 0 unspecified atom stereocenters. The number of nitrogens with two attached hydrogens (primary N) is 1. The lowest BCUT2D eigenvalue weighted by Gasteiger charge is -2.14. The van der Waals surface area contributed by atoms with Gasteiger partial charge in [0.2, 0.25) is 5.91 Å². The smallest absolute Gasteiger partial charge is 0.321 e. The zero-order chi connectivity index (χ0) is 16.5. The van der Waals surface area contributed by atoms with Crippen LogP contribution in [-0.4, -0.2) is 41.0 Å². The number of nitro benzene ring substituents is 1. The van der Waals surface area contributed by atoms with Gasteiger partial charge in [-0.05, 0) is 25.6 Å². The first-order chi connectivity index (χ1) is 10.5. The third-order valence-corrected chi connectivity index (χ3v) is 2.83. The van der Waals surface area contributed by atoms with Crippen molar-refractivity contribution in [3.63, 3.8) is 0 Å². The molecule has 5 N–H and O–H groups in total. The van der Waals surface area contributed by atoms with E-state index in [1.807, 2.05) is 0 Å². The summed E-state index contributed by atoms with van der Waals surface area (Å²) in [5, 5.41) is 25.0. The standard InChI is InChI=1S/C13H18N4O5/c14-6-3-7-15-10(13(19)20)8-12(18)16-9-4-1-2-5-11(9)17(21)22/h1-2,4-5,10,15H,3,6-8,14H2,(H,16,18)(H,19,20)/t10-/m1/s1. The summed E-state index contributed by atoms with van der Waals surface area (Å²) < 4.78 is 0. The second-order valence-electron chi connectivity index (χ2n) is 4.51. The second kappa shape index (κ2) is 8.70. The number of carbonyl (C=O) groups excluding carboxylic acids is 1. The molecule has 1 atom stereocenters. The molecule has 0 saturated carbocycles. The monoisotopic (exact) mass is 310 g/mol. The number of nitrogens with zero attached hydrogens (tertiary/aromatic N) is 1. The van der Waals surface area contributed by atoms with Crippen LogP contribution in [0.5, 0.6) is 0 Å². The summed E-state index contributed by atoms with van der Waals surface area (Å²) in [6, 6.07) is 4.57. The molecule has 0 aliphatic carbocycles. The van der Waals surface area contributed by atoms with Crippen molar-refractivity contribution in [1.29, 1.82) is 0 Å². The highest BCUT2D eigenvalue weighted by Gasteiger charge is 2.22. The van der Waals surface area contributed by atoms with Crippen molar-refractivity contribution >= 4 is 23.3 Å². The SMILES string of the molecule is NCCCN[C@H](CC(=O)Nc1ccccc1[N+](=O)[O-])C(=O)O. The highest BCUT2D eigenvalue weighted by atomic mass is 16.6. The molecule has 0 radical (unpaired) electrons. The lowest BCUT2D eigenvalue weighted by atomic mass is 10.2. The molecule has 9 nitrogen and oxygen atoms in total. The normalized spacial score (nSPS) is 11.7. The minimum Gasteiger partial charge on any atom is -0.480 e. The van der Waals surface area contributed by atoms with E-state index < -0.39 is 22.8 Å². The van der Waals surface area contributed by atoms with E-state index in [4.69, 9.17) is 10.8 Å². The Hall–Kier alpha value is -2.52. The lowest BCUT2D eigenvalue weighted by molar-refractivity contribution is -0.383. The van der Waals surface area contributed by atoms with E-state index in [0.29, 0.717) is 19.5 Å². The molecular formula is C13H18N4O5. The molecule has 1 aromatic carbocycles. The predicted octanol–water partition coefficient (Wildman–Crippen LogP) is 0.315. The fourth-order valence-electron chi connectivity index (χ4n) is 1.75. The average Bonchev–Trinajstić information content (AvgIpc) is 2.46. The molecule has 0 saturated heterocycles. The highest BCUT2D eigenvalue weighted by molar-refractivity contribution is 5.95. The van der Waals surface area contributed by atoms with E-state index in [-0.39, 0.29) is 17.8 Å². The summed E-state index contributed by atoms with van der Waals surface area (Å²) in [5.74, 6) is -1.79. The molecule has 1 rings (SSSR count). The molecule has 0 spiro atoms. The summed E-state index contributed by atoms with van der Waals surface area (Å²) in [6.07, 6.45) is 0.238. The van der Waals surface area contributed by atoms with Crippen LogP contribution < -0.4 is 16.4 Å². The van der Waals surface area contributed by atoms with Gasteiger partial charge >= 0.3 is 5.97 Å². The molecule has 0 fully saturated rings. The van der Waals surface area contributed by atoms with E-state index in [0.717, 1.165) is 0 Å². The summed E-state index contributed by atoms with van der Waals surface area (Å²) in [6.45, 7) is 0.772. The molecule has 0 aliphatic rings. The molecular weight excluding hydrogens is 292 g/mol. The van der Waals surface area contributed by atoms with Gasteiger partial charge in [-0.25, -0.2) is 0 Å². The largest absolute Gasteiger partial charge is 0.480 e. The lowest BCUT2D eigenvalue weighted by Crippen LogP contribution is -2.40. The zero-order valence-electron chi connectivity index (χ0n) is 11.8. The Morgan fingerprint density at radius 1 is 1.36 bits per heavy atom. The van der Waals surface area contributed by atoms with E-state index in [2.05, 4.69) is 10.6 Å². The van der Waals surface area contributed by atoms with Gasteiger partial charge in [0.25, 0.3) is 5.69 Å². The van der Waals surface area contributed by atoms with Crippen molar-refractivity contribution < 1.29 is 19.6 Å². The average molecular weight is 310 g/mol. The Kier molecular flexibility index (Phi) is 6.93.